The molecule has 6 unspecified atom stereocenters. The third-order valence-electron chi connectivity index (χ3n) is 5.13. The van der Waals surface area contributed by atoms with E-state index in [4.69, 9.17) is 0 Å². The molecular formula is C13H22. The van der Waals surface area contributed by atoms with Crippen LogP contribution in [0.3, 0.4) is 0 Å². The first kappa shape index (κ1) is 8.32. The molecule has 0 radical (unpaired) electrons. The van der Waals surface area contributed by atoms with Gasteiger partial charge in [-0.1, -0.05) is 13.8 Å². The number of hydrogen-bond donors (Lipinski definition) is 0. The summed E-state index contributed by atoms with van der Waals surface area (Å²) in [4.78, 5) is 0. The summed E-state index contributed by atoms with van der Waals surface area (Å²) in [5, 5.41) is 0. The minimum atomic E-state index is 1.05. The molecule has 0 saturated heterocycles. The van der Waals surface area contributed by atoms with E-state index in [9.17, 15) is 0 Å². The summed E-state index contributed by atoms with van der Waals surface area (Å²) in [7, 11) is 0. The molecule has 3 saturated carbocycles. The first-order valence-corrected chi connectivity index (χ1v) is 6.24. The molecular weight excluding hydrogens is 156 g/mol. The van der Waals surface area contributed by atoms with Crippen molar-refractivity contribution >= 4 is 0 Å². The lowest BCUT2D eigenvalue weighted by Crippen LogP contribution is -2.10. The molecule has 74 valence electrons. The molecule has 6 atom stereocenters. The monoisotopic (exact) mass is 178 g/mol. The van der Waals surface area contributed by atoms with Gasteiger partial charge in [0.2, 0.25) is 0 Å². The minimum absolute atomic E-state index is 1.05. The molecule has 0 aromatic carbocycles. The quantitative estimate of drug-likeness (QED) is 0.530. The Morgan fingerprint density at radius 1 is 0.615 bits per heavy atom. The summed E-state index contributed by atoms with van der Waals surface area (Å²) in [6, 6.07) is 0. The van der Waals surface area contributed by atoms with Crippen molar-refractivity contribution in [3.63, 3.8) is 0 Å². The van der Waals surface area contributed by atoms with Gasteiger partial charge in [-0.05, 0) is 67.6 Å². The first-order chi connectivity index (χ1) is 6.24. The summed E-state index contributed by atoms with van der Waals surface area (Å²) >= 11 is 0. The van der Waals surface area contributed by atoms with Gasteiger partial charge in [0, 0.05) is 0 Å². The zero-order chi connectivity index (χ0) is 9.00. The molecule has 3 aliphatic carbocycles. The fourth-order valence-corrected chi connectivity index (χ4v) is 4.87. The Morgan fingerprint density at radius 3 is 1.54 bits per heavy atom. The smallest absolute Gasteiger partial charge is 0.0352 e. The molecule has 0 heterocycles. The van der Waals surface area contributed by atoms with Crippen molar-refractivity contribution in [2.45, 2.75) is 46.0 Å². The number of fused-ring (bicyclic) bond motifs is 3. The molecule has 0 spiro atoms. The molecule has 3 fully saturated rings. The maximum atomic E-state index is 2.46. The second-order valence-corrected chi connectivity index (χ2v) is 6.24. The maximum absolute atomic E-state index is 2.46. The van der Waals surface area contributed by atoms with Crippen LogP contribution in [0.4, 0.5) is 0 Å². The summed E-state index contributed by atoms with van der Waals surface area (Å²) in [6.07, 6.45) is 7.86. The Bertz CT molecular complexity index is 186. The zero-order valence-electron chi connectivity index (χ0n) is 9.00. The van der Waals surface area contributed by atoms with E-state index >= 15 is 0 Å². The van der Waals surface area contributed by atoms with E-state index in [1.165, 1.54) is 0 Å². The van der Waals surface area contributed by atoms with Gasteiger partial charge < -0.3 is 0 Å². The largest absolute Gasteiger partial charge is 0.0625 e. The lowest BCUT2D eigenvalue weighted by molar-refractivity contribution is 0.319. The van der Waals surface area contributed by atoms with E-state index in [0.29, 0.717) is 0 Å². The van der Waals surface area contributed by atoms with Gasteiger partial charge in [0.05, 0.1) is 0 Å². The van der Waals surface area contributed by atoms with E-state index in [-0.39, 0.29) is 0 Å². The van der Waals surface area contributed by atoms with Crippen LogP contribution in [0.5, 0.6) is 0 Å². The van der Waals surface area contributed by atoms with Gasteiger partial charge >= 0.3 is 0 Å². The molecule has 0 bridgehead atoms. The molecule has 0 aliphatic heterocycles. The van der Waals surface area contributed by atoms with Gasteiger partial charge in [0.1, 0.15) is 0 Å². The average molecular weight is 178 g/mol. The summed E-state index contributed by atoms with van der Waals surface area (Å²) in [5.41, 5.74) is 0. The highest BCUT2D eigenvalue weighted by Crippen LogP contribution is 2.59. The van der Waals surface area contributed by atoms with Gasteiger partial charge in [-0.2, -0.15) is 0 Å². The van der Waals surface area contributed by atoms with Gasteiger partial charge in [-0.25, -0.2) is 0 Å². The fraction of sp³-hybridized carbons (Fsp3) is 1.00. The molecule has 0 N–H and O–H groups in total. The van der Waals surface area contributed by atoms with Crippen molar-refractivity contribution < 1.29 is 0 Å². The summed E-state index contributed by atoms with van der Waals surface area (Å²) in [5.74, 6) is 6.71. The van der Waals surface area contributed by atoms with Gasteiger partial charge in [0.25, 0.3) is 0 Å². The SMILES string of the molecule is CC1CC2CC3CC(C)CC3C2C1. The van der Waals surface area contributed by atoms with E-state index in [2.05, 4.69) is 13.8 Å². The first-order valence-electron chi connectivity index (χ1n) is 6.24. The Kier molecular flexibility index (Phi) is 1.76. The van der Waals surface area contributed by atoms with E-state index in [1.54, 1.807) is 32.1 Å². The molecule has 3 rings (SSSR count). The second-order valence-electron chi connectivity index (χ2n) is 6.24. The Balaban J connectivity index is 1.77. The number of hydrogen-bond acceptors (Lipinski definition) is 0. The second kappa shape index (κ2) is 2.74. The lowest BCUT2D eigenvalue weighted by Gasteiger charge is -2.17. The van der Waals surface area contributed by atoms with Crippen molar-refractivity contribution in [3.8, 4) is 0 Å². The van der Waals surface area contributed by atoms with Crippen LogP contribution >= 0.6 is 0 Å². The highest BCUT2D eigenvalue weighted by atomic mass is 14.5. The zero-order valence-corrected chi connectivity index (χ0v) is 9.00. The van der Waals surface area contributed by atoms with Crippen molar-refractivity contribution in [2.24, 2.45) is 35.5 Å². The molecule has 0 nitrogen and oxygen atoms in total. The van der Waals surface area contributed by atoms with Crippen LogP contribution in [0, 0.1) is 35.5 Å². The van der Waals surface area contributed by atoms with E-state index < -0.39 is 0 Å². The lowest BCUT2D eigenvalue weighted by atomic mass is 9.88. The third kappa shape index (κ3) is 1.17. The predicted octanol–water partition coefficient (Wildman–Crippen LogP) is 3.71. The van der Waals surface area contributed by atoms with Crippen molar-refractivity contribution in [1.29, 1.82) is 0 Å². The van der Waals surface area contributed by atoms with Crippen molar-refractivity contribution in [2.75, 3.05) is 0 Å². The van der Waals surface area contributed by atoms with Crippen LogP contribution < -0.4 is 0 Å². The van der Waals surface area contributed by atoms with Crippen LogP contribution in [0.25, 0.3) is 0 Å². The molecule has 0 aromatic rings. The van der Waals surface area contributed by atoms with Crippen LogP contribution in [-0.2, 0) is 0 Å². The molecule has 13 heavy (non-hydrogen) atoms. The predicted molar refractivity (Wildman–Crippen MR) is 55.4 cm³/mol. The van der Waals surface area contributed by atoms with E-state index in [1.807, 2.05) is 0 Å². The molecule has 0 heteroatoms. The standard InChI is InChI=1S/C13H22/c1-8-3-10-7-11-4-9(2)6-13(11)12(10)5-8/h8-13H,3-7H2,1-2H3. The third-order valence-corrected chi connectivity index (χ3v) is 5.13. The number of rotatable bonds is 0. The molecule has 0 aromatic heterocycles. The van der Waals surface area contributed by atoms with Crippen LogP contribution in [0.1, 0.15) is 46.0 Å². The van der Waals surface area contributed by atoms with E-state index in [0.717, 1.165) is 35.5 Å². The highest BCUT2D eigenvalue weighted by molar-refractivity contribution is 4.99. The summed E-state index contributed by atoms with van der Waals surface area (Å²) < 4.78 is 0. The van der Waals surface area contributed by atoms with Crippen molar-refractivity contribution in [1.82, 2.24) is 0 Å². The minimum Gasteiger partial charge on any atom is -0.0625 e. The normalized spacial score (nSPS) is 59.5. The van der Waals surface area contributed by atoms with Crippen LogP contribution in [0.2, 0.25) is 0 Å². The maximum Gasteiger partial charge on any atom is -0.0352 e. The van der Waals surface area contributed by atoms with Gasteiger partial charge in [0.15, 0.2) is 0 Å². The van der Waals surface area contributed by atoms with Crippen LogP contribution in [0.15, 0.2) is 0 Å². The fourth-order valence-electron chi connectivity index (χ4n) is 4.87. The summed E-state index contributed by atoms with van der Waals surface area (Å²) in [6.45, 7) is 4.93. The molecule has 0 amide bonds. The topological polar surface area (TPSA) is 0 Å². The van der Waals surface area contributed by atoms with Crippen molar-refractivity contribution in [3.05, 3.63) is 0 Å². The Hall–Kier alpha value is 0. The van der Waals surface area contributed by atoms with Crippen LogP contribution in [-0.4, -0.2) is 0 Å². The van der Waals surface area contributed by atoms with Gasteiger partial charge in [-0.15, -0.1) is 0 Å². The average Bonchev–Trinajstić information content (AvgIpc) is 2.60. The molecule has 3 aliphatic rings. The van der Waals surface area contributed by atoms with Gasteiger partial charge in [-0.3, -0.25) is 0 Å². The Labute approximate surface area is 82.1 Å². The Morgan fingerprint density at radius 2 is 1.08 bits per heavy atom. The highest BCUT2D eigenvalue weighted by Gasteiger charge is 2.50.